The third-order valence-electron chi connectivity index (χ3n) is 3.67. The number of carbonyl (C=O) groups is 2. The van der Waals surface area contributed by atoms with E-state index in [4.69, 9.17) is 9.84 Å². The van der Waals surface area contributed by atoms with Gasteiger partial charge in [-0.05, 0) is 12.1 Å². The van der Waals surface area contributed by atoms with Gasteiger partial charge in [0.2, 0.25) is 5.91 Å². The third-order valence-corrected chi connectivity index (χ3v) is 5.41. The van der Waals surface area contributed by atoms with Gasteiger partial charge in [-0.3, -0.25) is 19.7 Å². The van der Waals surface area contributed by atoms with Crippen LogP contribution in [0.5, 0.6) is 5.75 Å². The SMILES string of the molecule is COc1ccc(NC(=O)CSc2nc3scc(C(=O)O)c3c(=O)[nH]2)c([N+](=O)[O-])c1. The number of amides is 1. The number of nitrogens with one attached hydrogen (secondary N) is 2. The predicted molar refractivity (Wildman–Crippen MR) is 106 cm³/mol. The number of nitro benzene ring substituents is 1. The number of hydrogen-bond acceptors (Lipinski definition) is 9. The highest BCUT2D eigenvalue weighted by atomic mass is 32.2. The van der Waals surface area contributed by atoms with Gasteiger partial charge in [0.05, 0.1) is 34.8 Å². The molecule has 3 rings (SSSR count). The summed E-state index contributed by atoms with van der Waals surface area (Å²) >= 11 is 1.91. The van der Waals surface area contributed by atoms with E-state index in [-0.39, 0.29) is 43.8 Å². The molecule has 0 unspecified atom stereocenters. The Morgan fingerprint density at radius 3 is 2.86 bits per heavy atom. The quantitative estimate of drug-likeness (QED) is 0.218. The second-order valence-electron chi connectivity index (χ2n) is 5.48. The van der Waals surface area contributed by atoms with E-state index >= 15 is 0 Å². The zero-order valence-corrected chi connectivity index (χ0v) is 16.3. The largest absolute Gasteiger partial charge is 0.496 e. The number of carboxylic acids is 1. The topological polar surface area (TPSA) is 165 Å². The number of anilines is 1. The summed E-state index contributed by atoms with van der Waals surface area (Å²) in [5, 5.41) is 24.1. The Morgan fingerprint density at radius 1 is 1.45 bits per heavy atom. The van der Waals surface area contributed by atoms with Gasteiger partial charge in [0, 0.05) is 5.38 Å². The Hall–Kier alpha value is -3.45. The Balaban J connectivity index is 1.74. The van der Waals surface area contributed by atoms with Crippen molar-refractivity contribution in [2.24, 2.45) is 0 Å². The summed E-state index contributed by atoms with van der Waals surface area (Å²) in [7, 11) is 1.37. The number of benzene rings is 1. The number of thiophene rings is 1. The van der Waals surface area contributed by atoms with Crippen molar-refractivity contribution in [2.45, 2.75) is 5.16 Å². The first-order chi connectivity index (χ1) is 13.8. The van der Waals surface area contributed by atoms with Gasteiger partial charge >= 0.3 is 5.97 Å². The van der Waals surface area contributed by atoms with Gasteiger partial charge in [0.25, 0.3) is 11.2 Å². The van der Waals surface area contributed by atoms with Crippen molar-refractivity contribution in [3.8, 4) is 5.75 Å². The fraction of sp³-hybridized carbons (Fsp3) is 0.125. The average molecular weight is 436 g/mol. The van der Waals surface area contributed by atoms with Crippen LogP contribution in [0.2, 0.25) is 0 Å². The normalized spacial score (nSPS) is 10.7. The van der Waals surface area contributed by atoms with E-state index < -0.39 is 22.4 Å². The van der Waals surface area contributed by atoms with Crippen molar-refractivity contribution in [3.63, 3.8) is 0 Å². The lowest BCUT2D eigenvalue weighted by Gasteiger charge is -2.07. The minimum atomic E-state index is -1.23. The fourth-order valence-electron chi connectivity index (χ4n) is 2.37. The van der Waals surface area contributed by atoms with Crippen LogP contribution in [0.4, 0.5) is 11.4 Å². The number of thioether (sulfide) groups is 1. The monoisotopic (exact) mass is 436 g/mol. The molecule has 3 N–H and O–H groups in total. The summed E-state index contributed by atoms with van der Waals surface area (Å²) in [6.45, 7) is 0. The van der Waals surface area contributed by atoms with Crippen molar-refractivity contribution in [2.75, 3.05) is 18.2 Å². The number of aromatic amines is 1. The molecule has 1 aromatic carbocycles. The summed E-state index contributed by atoms with van der Waals surface area (Å²) in [5.74, 6) is -1.70. The molecule has 29 heavy (non-hydrogen) atoms. The Bertz CT molecular complexity index is 1190. The molecule has 3 aromatic rings. The first kappa shape index (κ1) is 20.3. The first-order valence-electron chi connectivity index (χ1n) is 7.80. The van der Waals surface area contributed by atoms with Gasteiger partial charge in [-0.2, -0.15) is 0 Å². The average Bonchev–Trinajstić information content (AvgIpc) is 3.11. The molecule has 2 heterocycles. The minimum absolute atomic E-state index is 0.00246. The number of ether oxygens (including phenoxy) is 1. The number of fused-ring (bicyclic) bond motifs is 1. The second kappa shape index (κ2) is 8.28. The minimum Gasteiger partial charge on any atom is -0.496 e. The van der Waals surface area contributed by atoms with Gasteiger partial charge in [-0.1, -0.05) is 11.8 Å². The highest BCUT2D eigenvalue weighted by Gasteiger charge is 2.19. The number of methoxy groups -OCH3 is 1. The molecule has 0 aliphatic heterocycles. The molecule has 0 aliphatic rings. The number of H-pyrrole nitrogens is 1. The van der Waals surface area contributed by atoms with Crippen LogP contribution in [0.15, 0.2) is 33.5 Å². The molecule has 0 bridgehead atoms. The number of nitro groups is 1. The van der Waals surface area contributed by atoms with Gasteiger partial charge in [0.15, 0.2) is 5.16 Å². The molecule has 2 aromatic heterocycles. The van der Waals surface area contributed by atoms with Gasteiger partial charge in [-0.15, -0.1) is 11.3 Å². The highest BCUT2D eigenvalue weighted by Crippen LogP contribution is 2.29. The number of carbonyl (C=O) groups excluding carboxylic acids is 1. The van der Waals surface area contributed by atoms with E-state index in [0.717, 1.165) is 23.1 Å². The molecule has 0 fully saturated rings. The van der Waals surface area contributed by atoms with Crippen molar-refractivity contribution in [3.05, 3.63) is 49.6 Å². The molecule has 0 aliphatic carbocycles. The van der Waals surface area contributed by atoms with Crippen LogP contribution in [0.1, 0.15) is 10.4 Å². The van der Waals surface area contributed by atoms with Gasteiger partial charge in [-0.25, -0.2) is 9.78 Å². The summed E-state index contributed by atoms with van der Waals surface area (Å²) in [4.78, 5) is 52.8. The predicted octanol–water partition coefficient (Wildman–Crippen LogP) is 2.33. The maximum absolute atomic E-state index is 12.2. The molecule has 0 saturated carbocycles. The zero-order valence-electron chi connectivity index (χ0n) is 14.6. The summed E-state index contributed by atoms with van der Waals surface area (Å²) in [5.41, 5.74) is -1.08. The number of aromatic carboxylic acids is 1. The summed E-state index contributed by atoms with van der Waals surface area (Å²) in [6, 6.07) is 4.01. The lowest BCUT2D eigenvalue weighted by molar-refractivity contribution is -0.384. The summed E-state index contributed by atoms with van der Waals surface area (Å²) < 4.78 is 4.93. The Kier molecular flexibility index (Phi) is 5.79. The Labute approximate surface area is 169 Å². The number of aromatic nitrogens is 2. The fourth-order valence-corrected chi connectivity index (χ4v) is 4.00. The van der Waals surface area contributed by atoms with Crippen molar-refractivity contribution >= 4 is 56.6 Å². The molecule has 0 atom stereocenters. The van der Waals surface area contributed by atoms with Crippen LogP contribution < -0.4 is 15.6 Å². The molecular formula is C16H12N4O7S2. The van der Waals surface area contributed by atoms with Crippen molar-refractivity contribution < 1.29 is 24.4 Å². The molecule has 0 spiro atoms. The van der Waals surface area contributed by atoms with Crippen LogP contribution in [0, 0.1) is 10.1 Å². The van der Waals surface area contributed by atoms with Gasteiger partial charge < -0.3 is 20.1 Å². The van der Waals surface area contributed by atoms with Crippen molar-refractivity contribution in [1.29, 1.82) is 0 Å². The second-order valence-corrected chi connectivity index (χ2v) is 7.30. The molecule has 150 valence electrons. The Morgan fingerprint density at radius 2 is 2.21 bits per heavy atom. The summed E-state index contributed by atoms with van der Waals surface area (Å²) in [6.07, 6.45) is 0. The molecule has 0 saturated heterocycles. The smallest absolute Gasteiger partial charge is 0.337 e. The number of carboxylic acid groups (broad SMARTS) is 1. The van der Waals surface area contributed by atoms with E-state index in [1.165, 1.54) is 30.7 Å². The van der Waals surface area contributed by atoms with Crippen molar-refractivity contribution in [1.82, 2.24) is 9.97 Å². The van der Waals surface area contributed by atoms with Crippen LogP contribution in [0.3, 0.4) is 0 Å². The van der Waals surface area contributed by atoms with Crippen LogP contribution in [0.25, 0.3) is 10.2 Å². The number of hydrogen-bond donors (Lipinski definition) is 3. The van der Waals surface area contributed by atoms with Crippen LogP contribution in [-0.4, -0.2) is 44.7 Å². The van der Waals surface area contributed by atoms with Crippen LogP contribution in [-0.2, 0) is 4.79 Å². The lowest BCUT2D eigenvalue weighted by atomic mass is 10.2. The van der Waals surface area contributed by atoms with E-state index in [1.807, 2.05) is 0 Å². The van der Waals surface area contributed by atoms with E-state index in [2.05, 4.69) is 15.3 Å². The van der Waals surface area contributed by atoms with E-state index in [1.54, 1.807) is 0 Å². The van der Waals surface area contributed by atoms with E-state index in [0.29, 0.717) is 0 Å². The van der Waals surface area contributed by atoms with Crippen LogP contribution >= 0.6 is 23.1 Å². The standard InChI is InChI=1S/C16H12N4O7S2/c1-27-7-2-3-9(10(4-7)20(25)26)17-11(21)6-29-16-18-13(22)12-8(15(23)24)5-28-14(12)19-16/h2-5H,6H2,1H3,(H,17,21)(H,23,24)(H,18,19,22). The maximum Gasteiger partial charge on any atom is 0.337 e. The van der Waals surface area contributed by atoms with Gasteiger partial charge in [0.1, 0.15) is 16.3 Å². The number of rotatable bonds is 7. The van der Waals surface area contributed by atoms with E-state index in [9.17, 15) is 24.5 Å². The molecule has 0 radical (unpaired) electrons. The highest BCUT2D eigenvalue weighted by molar-refractivity contribution is 7.99. The first-order valence-corrected chi connectivity index (χ1v) is 9.66. The maximum atomic E-state index is 12.2. The molecular weight excluding hydrogens is 424 g/mol. The molecule has 13 heteroatoms. The number of nitrogens with zero attached hydrogens (tertiary/aromatic N) is 2. The lowest BCUT2D eigenvalue weighted by Crippen LogP contribution is -2.16. The molecule has 1 amide bonds. The zero-order chi connectivity index (χ0) is 21.1. The third kappa shape index (κ3) is 4.35. The molecule has 11 nitrogen and oxygen atoms in total.